The van der Waals surface area contributed by atoms with Crippen molar-refractivity contribution in [1.82, 2.24) is 29.6 Å². The maximum absolute atomic E-state index is 13.5. The van der Waals surface area contributed by atoms with Gasteiger partial charge >= 0.3 is 0 Å². The monoisotopic (exact) mass is 456 g/mol. The fourth-order valence-corrected chi connectivity index (χ4v) is 3.96. The Bertz CT molecular complexity index is 1530. The van der Waals surface area contributed by atoms with Crippen molar-refractivity contribution >= 4 is 27.8 Å². The highest BCUT2D eigenvalue weighted by Crippen LogP contribution is 2.25. The summed E-state index contributed by atoms with van der Waals surface area (Å²) in [6, 6.07) is 17.1. The molecule has 172 valence electrons. The zero-order valence-corrected chi connectivity index (χ0v) is 18.9. The molecule has 0 aliphatic heterocycles. The maximum Gasteiger partial charge on any atom is 0.278 e. The number of carbonyl (C=O) groups excluding carboxylic acids is 1. The predicted molar refractivity (Wildman–Crippen MR) is 128 cm³/mol. The highest BCUT2D eigenvalue weighted by atomic mass is 16.5. The number of benzene rings is 2. The Morgan fingerprint density at radius 2 is 1.88 bits per heavy atom. The van der Waals surface area contributed by atoms with Gasteiger partial charge in [-0.3, -0.25) is 14.2 Å². The zero-order chi connectivity index (χ0) is 23.7. The molecule has 9 heteroatoms. The van der Waals surface area contributed by atoms with E-state index in [1.807, 2.05) is 68.4 Å². The van der Waals surface area contributed by atoms with E-state index < -0.39 is 0 Å². The molecule has 3 heterocycles. The summed E-state index contributed by atoms with van der Waals surface area (Å²) in [4.78, 5) is 35.2. The second-order valence-electron chi connectivity index (χ2n) is 8.23. The van der Waals surface area contributed by atoms with Crippen molar-refractivity contribution in [1.29, 1.82) is 0 Å². The topological polar surface area (TPSA) is 108 Å². The molecular formula is C25H24N6O3. The molecule has 1 N–H and O–H groups in total. The molecular weight excluding hydrogens is 432 g/mol. The minimum Gasteiger partial charge on any atom is -0.352 e. The summed E-state index contributed by atoms with van der Waals surface area (Å²) in [6.07, 6.45) is 2.30. The number of nitrogens with one attached hydrogen (secondary N) is 1. The van der Waals surface area contributed by atoms with Crippen LogP contribution in [0.2, 0.25) is 0 Å². The van der Waals surface area contributed by atoms with E-state index in [0.717, 1.165) is 22.9 Å². The number of para-hydroxylation sites is 1. The fraction of sp³-hybridized carbons (Fsp3) is 0.240. The second-order valence-corrected chi connectivity index (χ2v) is 8.23. The Kier molecular flexibility index (Phi) is 5.67. The van der Waals surface area contributed by atoms with Crippen LogP contribution in [0.25, 0.3) is 33.3 Å². The first kappa shape index (κ1) is 21.6. The molecule has 3 aromatic heterocycles. The Morgan fingerprint density at radius 3 is 2.68 bits per heavy atom. The number of hydrogen-bond donors (Lipinski definition) is 1. The maximum atomic E-state index is 13.5. The molecule has 0 spiro atoms. The van der Waals surface area contributed by atoms with Crippen LogP contribution in [0.5, 0.6) is 0 Å². The molecule has 0 aliphatic carbocycles. The van der Waals surface area contributed by atoms with Crippen LogP contribution < -0.4 is 10.9 Å². The van der Waals surface area contributed by atoms with Crippen LogP contribution in [-0.2, 0) is 17.9 Å². The van der Waals surface area contributed by atoms with Crippen LogP contribution in [-0.4, -0.2) is 36.2 Å². The number of aromatic nitrogens is 5. The highest BCUT2D eigenvalue weighted by Gasteiger charge is 2.19. The minimum absolute atomic E-state index is 0.0218. The smallest absolute Gasteiger partial charge is 0.278 e. The Labute approximate surface area is 195 Å². The highest BCUT2D eigenvalue weighted by molar-refractivity contribution is 6.06. The molecule has 0 aliphatic rings. The van der Waals surface area contributed by atoms with Gasteiger partial charge < -0.3 is 14.4 Å². The first-order valence-corrected chi connectivity index (χ1v) is 11.2. The number of amides is 1. The molecule has 0 unspecified atom stereocenters. The number of carbonyl (C=O) groups is 1. The Hall–Kier alpha value is -4.27. The van der Waals surface area contributed by atoms with E-state index in [9.17, 15) is 9.59 Å². The van der Waals surface area contributed by atoms with Crippen molar-refractivity contribution in [2.45, 2.75) is 39.4 Å². The summed E-state index contributed by atoms with van der Waals surface area (Å²) in [5.41, 5.74) is 2.25. The standard InChI is InChI=1S/C25H24N6O3/c1-3-16(2)27-20(32)13-31-19-12-8-7-11-18(19)22-23(31)25(33)30(15-26-22)14-21-28-24(29-34-21)17-9-5-4-6-10-17/h4-12,15-16H,3,13-14H2,1-2H3,(H,27,32)/t16-/m0/s1. The van der Waals surface area contributed by atoms with Crippen molar-refractivity contribution in [3.05, 3.63) is 77.2 Å². The third-order valence-electron chi connectivity index (χ3n) is 5.86. The largest absolute Gasteiger partial charge is 0.352 e. The van der Waals surface area contributed by atoms with Gasteiger partial charge in [-0.15, -0.1) is 0 Å². The molecule has 0 bridgehead atoms. The van der Waals surface area contributed by atoms with E-state index >= 15 is 0 Å². The van der Waals surface area contributed by atoms with Gasteiger partial charge in [-0.2, -0.15) is 4.98 Å². The van der Waals surface area contributed by atoms with Gasteiger partial charge in [0.25, 0.3) is 5.56 Å². The lowest BCUT2D eigenvalue weighted by Crippen LogP contribution is -2.35. The predicted octanol–water partition coefficient (Wildman–Crippen LogP) is 3.36. The average molecular weight is 457 g/mol. The van der Waals surface area contributed by atoms with E-state index in [2.05, 4.69) is 20.4 Å². The van der Waals surface area contributed by atoms with Gasteiger partial charge in [-0.05, 0) is 19.4 Å². The molecule has 0 fully saturated rings. The molecule has 0 saturated heterocycles. The summed E-state index contributed by atoms with van der Waals surface area (Å²) >= 11 is 0. The molecule has 5 rings (SSSR count). The van der Waals surface area contributed by atoms with Crippen molar-refractivity contribution in [3.8, 4) is 11.4 Å². The van der Waals surface area contributed by atoms with Gasteiger partial charge in [0, 0.05) is 17.0 Å². The molecule has 34 heavy (non-hydrogen) atoms. The molecule has 2 aromatic carbocycles. The number of fused-ring (bicyclic) bond motifs is 3. The van der Waals surface area contributed by atoms with Crippen LogP contribution in [0.3, 0.4) is 0 Å². The molecule has 1 amide bonds. The molecule has 9 nitrogen and oxygen atoms in total. The average Bonchev–Trinajstić information content (AvgIpc) is 3.45. The summed E-state index contributed by atoms with van der Waals surface area (Å²) in [5.74, 6) is 0.587. The van der Waals surface area contributed by atoms with E-state index in [4.69, 9.17) is 4.52 Å². The van der Waals surface area contributed by atoms with Crippen LogP contribution in [0.1, 0.15) is 26.2 Å². The van der Waals surface area contributed by atoms with Crippen molar-refractivity contribution in [2.75, 3.05) is 0 Å². The quantitative estimate of drug-likeness (QED) is 0.402. The Morgan fingerprint density at radius 1 is 1.12 bits per heavy atom. The summed E-state index contributed by atoms with van der Waals surface area (Å²) < 4.78 is 8.54. The summed E-state index contributed by atoms with van der Waals surface area (Å²) in [5, 5.41) is 7.81. The van der Waals surface area contributed by atoms with Gasteiger partial charge in [-0.1, -0.05) is 60.6 Å². The minimum atomic E-state index is -0.281. The van der Waals surface area contributed by atoms with Gasteiger partial charge in [-0.25, -0.2) is 4.98 Å². The van der Waals surface area contributed by atoms with Crippen LogP contribution in [0, 0.1) is 0 Å². The normalized spacial score (nSPS) is 12.3. The lowest BCUT2D eigenvalue weighted by atomic mass is 10.2. The third kappa shape index (κ3) is 3.96. The summed E-state index contributed by atoms with van der Waals surface area (Å²) in [6.45, 7) is 4.05. The van der Waals surface area contributed by atoms with Crippen molar-refractivity contribution in [2.24, 2.45) is 0 Å². The molecule has 5 aromatic rings. The zero-order valence-electron chi connectivity index (χ0n) is 18.9. The van der Waals surface area contributed by atoms with Crippen molar-refractivity contribution < 1.29 is 9.32 Å². The third-order valence-corrected chi connectivity index (χ3v) is 5.86. The lowest BCUT2D eigenvalue weighted by Gasteiger charge is -2.13. The van der Waals surface area contributed by atoms with Crippen LogP contribution in [0.4, 0.5) is 0 Å². The fourth-order valence-electron chi connectivity index (χ4n) is 3.96. The van der Waals surface area contributed by atoms with Crippen LogP contribution in [0.15, 0.2) is 70.2 Å². The number of hydrogen-bond acceptors (Lipinski definition) is 6. The SMILES string of the molecule is CC[C@H](C)NC(=O)Cn1c2ccccc2c2ncn(Cc3nc(-c4ccccc4)no3)c(=O)c21. The first-order valence-electron chi connectivity index (χ1n) is 11.2. The van der Waals surface area contributed by atoms with E-state index in [1.165, 1.54) is 10.9 Å². The van der Waals surface area contributed by atoms with Gasteiger partial charge in [0.2, 0.25) is 17.6 Å². The Balaban J connectivity index is 1.54. The number of nitrogens with zero attached hydrogens (tertiary/aromatic N) is 5. The molecule has 1 atom stereocenters. The van der Waals surface area contributed by atoms with E-state index in [0.29, 0.717) is 22.7 Å². The lowest BCUT2D eigenvalue weighted by molar-refractivity contribution is -0.122. The van der Waals surface area contributed by atoms with E-state index in [-0.39, 0.29) is 30.6 Å². The second kappa shape index (κ2) is 8.93. The number of rotatable bonds is 7. The van der Waals surface area contributed by atoms with Gasteiger partial charge in [0.15, 0.2) is 0 Å². The summed E-state index contributed by atoms with van der Waals surface area (Å²) in [7, 11) is 0. The first-order chi connectivity index (χ1) is 16.5. The van der Waals surface area contributed by atoms with Crippen molar-refractivity contribution in [3.63, 3.8) is 0 Å². The van der Waals surface area contributed by atoms with Crippen LogP contribution >= 0.6 is 0 Å². The van der Waals surface area contributed by atoms with E-state index in [1.54, 1.807) is 4.57 Å². The molecule has 0 radical (unpaired) electrons. The molecule has 0 saturated carbocycles. The van der Waals surface area contributed by atoms with Gasteiger partial charge in [0.05, 0.1) is 11.8 Å². The van der Waals surface area contributed by atoms with Gasteiger partial charge in [0.1, 0.15) is 24.1 Å².